The van der Waals surface area contributed by atoms with E-state index in [1.54, 1.807) is 24.5 Å². The largest absolute Gasteiger partial charge is 0.419 e. The average Bonchev–Trinajstić information content (AvgIpc) is 3.32. The SMILES string of the molecule is Cc1cnc(-c2nnc([C@H]3CCN(S(=O)(=O)c4cccc(Cl)c4)C3)o2)cn1. The molecule has 0 spiro atoms. The summed E-state index contributed by atoms with van der Waals surface area (Å²) in [7, 11) is -3.62. The molecule has 0 saturated carbocycles. The maximum absolute atomic E-state index is 12.8. The lowest BCUT2D eigenvalue weighted by Gasteiger charge is -2.16. The first kappa shape index (κ1) is 18.0. The van der Waals surface area contributed by atoms with Crippen LogP contribution in [0.25, 0.3) is 11.6 Å². The Hall–Kier alpha value is -2.36. The monoisotopic (exact) mass is 405 g/mol. The van der Waals surface area contributed by atoms with Gasteiger partial charge in [-0.15, -0.1) is 10.2 Å². The quantitative estimate of drug-likeness (QED) is 0.657. The van der Waals surface area contributed by atoms with E-state index in [4.69, 9.17) is 16.0 Å². The summed E-state index contributed by atoms with van der Waals surface area (Å²) in [5, 5.41) is 8.47. The van der Waals surface area contributed by atoms with Crippen LogP contribution in [0.3, 0.4) is 0 Å². The molecule has 0 bridgehead atoms. The fraction of sp³-hybridized carbons (Fsp3) is 0.294. The van der Waals surface area contributed by atoms with Gasteiger partial charge >= 0.3 is 0 Å². The second-order valence-corrected chi connectivity index (χ2v) is 8.67. The summed E-state index contributed by atoms with van der Waals surface area (Å²) in [6.45, 7) is 2.49. The fourth-order valence-electron chi connectivity index (χ4n) is 2.93. The zero-order chi connectivity index (χ0) is 19.0. The Kier molecular flexibility index (Phi) is 4.67. The molecule has 0 amide bonds. The van der Waals surface area contributed by atoms with Crippen molar-refractivity contribution in [2.24, 2.45) is 0 Å². The molecule has 0 unspecified atom stereocenters. The lowest BCUT2D eigenvalue weighted by molar-refractivity contribution is 0.439. The van der Waals surface area contributed by atoms with Gasteiger partial charge in [0, 0.05) is 24.3 Å². The molecule has 3 aromatic rings. The number of sulfonamides is 1. The molecule has 8 nitrogen and oxygen atoms in total. The van der Waals surface area contributed by atoms with Crippen LogP contribution in [-0.4, -0.2) is 46.0 Å². The van der Waals surface area contributed by atoms with E-state index in [0.717, 1.165) is 5.69 Å². The summed E-state index contributed by atoms with van der Waals surface area (Å²) >= 11 is 5.93. The van der Waals surface area contributed by atoms with Gasteiger partial charge in [0.2, 0.25) is 15.9 Å². The van der Waals surface area contributed by atoms with Gasteiger partial charge in [0.05, 0.1) is 22.7 Å². The zero-order valence-corrected chi connectivity index (χ0v) is 16.0. The Morgan fingerprint density at radius 1 is 1.22 bits per heavy atom. The molecule has 0 aliphatic carbocycles. The van der Waals surface area contributed by atoms with Crippen LogP contribution in [-0.2, 0) is 10.0 Å². The van der Waals surface area contributed by atoms with Crippen molar-refractivity contribution < 1.29 is 12.8 Å². The third-order valence-electron chi connectivity index (χ3n) is 4.37. The summed E-state index contributed by atoms with van der Waals surface area (Å²) in [5.41, 5.74) is 1.27. The molecule has 1 aromatic carbocycles. The Balaban J connectivity index is 1.52. The maximum atomic E-state index is 12.8. The Labute approximate surface area is 161 Å². The van der Waals surface area contributed by atoms with Crippen LogP contribution in [0.5, 0.6) is 0 Å². The van der Waals surface area contributed by atoms with Crippen molar-refractivity contribution in [3.63, 3.8) is 0 Å². The molecule has 1 atom stereocenters. The number of halogens is 1. The molecule has 10 heteroatoms. The first-order chi connectivity index (χ1) is 12.9. The van der Waals surface area contributed by atoms with Gasteiger partial charge < -0.3 is 4.42 Å². The van der Waals surface area contributed by atoms with Crippen LogP contribution < -0.4 is 0 Å². The molecule has 0 radical (unpaired) electrons. The number of rotatable bonds is 4. The van der Waals surface area contributed by atoms with Gasteiger partial charge in [0.15, 0.2) is 0 Å². The van der Waals surface area contributed by atoms with E-state index in [1.165, 1.54) is 16.4 Å². The van der Waals surface area contributed by atoms with Crippen LogP contribution in [0, 0.1) is 6.92 Å². The molecule has 1 aliphatic heterocycles. The summed E-state index contributed by atoms with van der Waals surface area (Å²) < 4.78 is 32.7. The van der Waals surface area contributed by atoms with Gasteiger partial charge in [-0.05, 0) is 31.5 Å². The lowest BCUT2D eigenvalue weighted by Crippen LogP contribution is -2.28. The van der Waals surface area contributed by atoms with E-state index < -0.39 is 10.0 Å². The molecule has 2 aromatic heterocycles. The Bertz CT molecular complexity index is 1070. The van der Waals surface area contributed by atoms with Crippen LogP contribution in [0.4, 0.5) is 0 Å². The van der Waals surface area contributed by atoms with Crippen LogP contribution in [0.15, 0.2) is 46.0 Å². The van der Waals surface area contributed by atoms with Gasteiger partial charge in [0.25, 0.3) is 5.89 Å². The molecule has 4 rings (SSSR count). The second-order valence-electron chi connectivity index (χ2n) is 6.29. The highest BCUT2D eigenvalue weighted by Gasteiger charge is 2.36. The zero-order valence-electron chi connectivity index (χ0n) is 14.4. The number of benzene rings is 1. The minimum atomic E-state index is -3.62. The lowest BCUT2D eigenvalue weighted by atomic mass is 10.1. The molecule has 1 saturated heterocycles. The summed E-state index contributed by atoms with van der Waals surface area (Å²) in [6, 6.07) is 6.25. The first-order valence-electron chi connectivity index (χ1n) is 8.31. The molecule has 3 heterocycles. The number of hydrogen-bond donors (Lipinski definition) is 0. The summed E-state index contributed by atoms with van der Waals surface area (Å²) in [6.07, 6.45) is 3.78. The number of aryl methyl sites for hydroxylation is 1. The van der Waals surface area contributed by atoms with Crippen molar-refractivity contribution in [3.05, 3.63) is 53.3 Å². The molecule has 1 aliphatic rings. The highest BCUT2D eigenvalue weighted by atomic mass is 35.5. The van der Waals surface area contributed by atoms with Crippen molar-refractivity contribution >= 4 is 21.6 Å². The predicted octanol–water partition coefficient (Wildman–Crippen LogP) is 2.67. The van der Waals surface area contributed by atoms with Crippen LogP contribution in [0.1, 0.15) is 23.9 Å². The van der Waals surface area contributed by atoms with Gasteiger partial charge in [-0.3, -0.25) is 4.98 Å². The van der Waals surface area contributed by atoms with E-state index in [1.807, 2.05) is 6.92 Å². The minimum absolute atomic E-state index is 0.168. The van der Waals surface area contributed by atoms with Gasteiger partial charge in [-0.2, -0.15) is 4.31 Å². The molecular formula is C17H16ClN5O3S. The third kappa shape index (κ3) is 3.58. The predicted molar refractivity (Wildman–Crippen MR) is 97.6 cm³/mol. The fourth-order valence-corrected chi connectivity index (χ4v) is 4.73. The van der Waals surface area contributed by atoms with E-state index in [9.17, 15) is 8.42 Å². The number of aromatic nitrogens is 4. The van der Waals surface area contributed by atoms with Crippen molar-refractivity contribution in [1.82, 2.24) is 24.5 Å². The third-order valence-corrected chi connectivity index (χ3v) is 6.47. The van der Waals surface area contributed by atoms with Crippen molar-refractivity contribution in [2.45, 2.75) is 24.2 Å². The molecule has 0 N–H and O–H groups in total. The average molecular weight is 406 g/mol. The standard InChI is InChI=1S/C17H16ClN5O3S/c1-11-8-20-15(9-19-11)17-22-21-16(26-17)12-5-6-23(10-12)27(24,25)14-4-2-3-13(18)7-14/h2-4,7-9,12H,5-6,10H2,1H3/t12-/m0/s1. The van der Waals surface area contributed by atoms with Crippen LogP contribution in [0.2, 0.25) is 5.02 Å². The molecule has 27 heavy (non-hydrogen) atoms. The van der Waals surface area contributed by atoms with Crippen molar-refractivity contribution in [3.8, 4) is 11.6 Å². The van der Waals surface area contributed by atoms with E-state index in [0.29, 0.717) is 29.6 Å². The van der Waals surface area contributed by atoms with E-state index in [-0.39, 0.29) is 23.2 Å². The Morgan fingerprint density at radius 3 is 2.81 bits per heavy atom. The topological polar surface area (TPSA) is 102 Å². The van der Waals surface area contributed by atoms with Gasteiger partial charge in [-0.1, -0.05) is 17.7 Å². The number of nitrogens with zero attached hydrogens (tertiary/aromatic N) is 5. The molecular weight excluding hydrogens is 390 g/mol. The van der Waals surface area contributed by atoms with Crippen LogP contribution >= 0.6 is 11.6 Å². The first-order valence-corrected chi connectivity index (χ1v) is 10.1. The molecule has 1 fully saturated rings. The van der Waals surface area contributed by atoms with Gasteiger partial charge in [-0.25, -0.2) is 13.4 Å². The van der Waals surface area contributed by atoms with Crippen molar-refractivity contribution in [1.29, 1.82) is 0 Å². The smallest absolute Gasteiger partial charge is 0.267 e. The summed E-state index contributed by atoms with van der Waals surface area (Å²) in [5.74, 6) is 0.503. The maximum Gasteiger partial charge on any atom is 0.267 e. The van der Waals surface area contributed by atoms with Gasteiger partial charge in [0.1, 0.15) is 5.69 Å². The molecule has 140 valence electrons. The highest BCUT2D eigenvalue weighted by Crippen LogP contribution is 2.32. The summed E-state index contributed by atoms with van der Waals surface area (Å²) in [4.78, 5) is 8.55. The minimum Gasteiger partial charge on any atom is -0.419 e. The van der Waals surface area contributed by atoms with E-state index in [2.05, 4.69) is 20.2 Å². The second kappa shape index (κ2) is 6.99. The normalized spacial score (nSPS) is 18.1. The van der Waals surface area contributed by atoms with E-state index >= 15 is 0 Å². The highest BCUT2D eigenvalue weighted by molar-refractivity contribution is 7.89. The Morgan fingerprint density at radius 2 is 2.07 bits per heavy atom. The van der Waals surface area contributed by atoms with Crippen molar-refractivity contribution in [2.75, 3.05) is 13.1 Å². The number of hydrogen-bond acceptors (Lipinski definition) is 7.